The third kappa shape index (κ3) is 7.74. The van der Waals surface area contributed by atoms with E-state index in [-0.39, 0.29) is 8.42 Å². The number of benzene rings is 2. The van der Waals surface area contributed by atoms with Crippen LogP contribution in [0.15, 0.2) is 81.2 Å². The molecule has 0 spiro atoms. The van der Waals surface area contributed by atoms with Crippen LogP contribution in [0.1, 0.15) is 89.1 Å². The summed E-state index contributed by atoms with van der Waals surface area (Å²) in [5.74, 6) is 0. The van der Waals surface area contributed by atoms with Gasteiger partial charge in [0.05, 0.1) is 57.8 Å². The molecule has 0 bridgehead atoms. The van der Waals surface area contributed by atoms with Crippen LogP contribution in [-0.2, 0) is 59.0 Å². The smallest absolute Gasteiger partial charge is 0.304 e. The van der Waals surface area contributed by atoms with E-state index in [1.54, 1.807) is 0 Å². The second-order valence-electron chi connectivity index (χ2n) is 14.2. The maximum atomic E-state index is 12.0. The zero-order chi connectivity index (χ0) is 38.5. The predicted molar refractivity (Wildman–Crippen MR) is 210 cm³/mol. The van der Waals surface area contributed by atoms with Crippen molar-refractivity contribution < 1.29 is 36.2 Å². The minimum atomic E-state index is -4.37. The molecule has 0 fully saturated rings. The number of hydrogen-bond acceptors (Lipinski definition) is 10. The molecule has 2 aliphatic rings. The molecule has 12 nitrogen and oxygen atoms in total. The highest BCUT2D eigenvalue weighted by Crippen LogP contribution is 2.45. The van der Waals surface area contributed by atoms with Gasteiger partial charge in [0.2, 0.25) is 0 Å². The van der Waals surface area contributed by atoms with Crippen molar-refractivity contribution in [1.82, 2.24) is 19.6 Å². The molecule has 288 valence electrons. The highest BCUT2D eigenvalue weighted by molar-refractivity contribution is 7.88. The molecule has 8 rings (SSSR count). The van der Waals surface area contributed by atoms with Gasteiger partial charge in [-0.25, -0.2) is 0 Å². The first-order chi connectivity index (χ1) is 26.3. The van der Waals surface area contributed by atoms with Gasteiger partial charge in [-0.05, 0) is 72.9 Å². The minimum Gasteiger partial charge on any atom is -0.387 e. The number of aromatic nitrogens is 4. The molecule has 2 aliphatic carbocycles. The van der Waals surface area contributed by atoms with Crippen LogP contribution in [0.5, 0.6) is 0 Å². The summed E-state index contributed by atoms with van der Waals surface area (Å²) in [7, 11) is -8.73. The Labute approximate surface area is 327 Å². The van der Waals surface area contributed by atoms with Crippen molar-refractivity contribution in [3.05, 3.63) is 118 Å². The van der Waals surface area contributed by atoms with E-state index in [4.69, 9.17) is 10.2 Å². The summed E-state index contributed by atoms with van der Waals surface area (Å²) in [6.45, 7) is 0.874. The van der Waals surface area contributed by atoms with Crippen molar-refractivity contribution in [1.29, 1.82) is 0 Å². The number of fused-ring (bicyclic) bond motifs is 6. The quantitative estimate of drug-likeness (QED) is 0.0657. The summed E-state index contributed by atoms with van der Waals surface area (Å²) < 4.78 is 71.0. The maximum Gasteiger partial charge on any atom is 0.304 e. The number of thiophene rings is 2. The van der Waals surface area contributed by atoms with Gasteiger partial charge in [0.25, 0.3) is 0 Å². The number of aliphatic hydroxyl groups is 2. The van der Waals surface area contributed by atoms with E-state index < -0.39 is 32.4 Å². The third-order valence-electron chi connectivity index (χ3n) is 10.4. The number of nitrogens with zero attached hydrogens (tertiary/aromatic N) is 4. The summed E-state index contributed by atoms with van der Waals surface area (Å²) in [5, 5.41) is 32.8. The molecule has 4 aromatic heterocycles. The van der Waals surface area contributed by atoms with Crippen LogP contribution >= 0.6 is 22.7 Å². The Morgan fingerprint density at radius 1 is 0.600 bits per heavy atom. The van der Waals surface area contributed by atoms with Gasteiger partial charge in [0.15, 0.2) is 0 Å². The van der Waals surface area contributed by atoms with E-state index in [0.717, 1.165) is 83.6 Å². The summed E-state index contributed by atoms with van der Waals surface area (Å²) in [4.78, 5) is 1.49. The third-order valence-corrected chi connectivity index (χ3v) is 15.4. The molecule has 0 amide bonds. The van der Waals surface area contributed by atoms with Crippen LogP contribution in [0.25, 0.3) is 21.1 Å². The van der Waals surface area contributed by atoms with Gasteiger partial charge < -0.3 is 10.2 Å². The average molecular weight is 821 g/mol. The standard InChI is InChI=1S/C39H40N4O8S4/c44-30(34-28-18-16-26-20-32(54(46,47)48)52-38(26)36(28)42(40-34)22-24-10-4-1-5-11-24)14-8-3-9-15-31(45)35-29-19-17-27-21-33(55(49,50)51)53-39(27)37(29)43(41-35)23-25-12-6-2-7-13-25/h1-2,4-7,10-13,20-21,30-31,44-45H,3,8-9,14-19,22-23H2,(H,46,47,48)(H,49,50,51). The van der Waals surface area contributed by atoms with Crippen molar-refractivity contribution in [2.45, 2.75) is 91.5 Å². The molecule has 4 N–H and O–H groups in total. The fourth-order valence-corrected chi connectivity index (χ4v) is 11.8. The van der Waals surface area contributed by atoms with Gasteiger partial charge in [0, 0.05) is 11.1 Å². The van der Waals surface area contributed by atoms with Gasteiger partial charge in [-0.1, -0.05) is 79.9 Å². The molecule has 2 aromatic carbocycles. The molecule has 2 atom stereocenters. The van der Waals surface area contributed by atoms with Crippen molar-refractivity contribution >= 4 is 42.9 Å². The van der Waals surface area contributed by atoms with Crippen molar-refractivity contribution in [2.24, 2.45) is 0 Å². The fraction of sp³-hybridized carbons (Fsp3) is 0.333. The topological polar surface area (TPSA) is 185 Å². The number of aliphatic hydroxyl groups excluding tert-OH is 2. The normalized spacial score (nSPS) is 14.9. The van der Waals surface area contributed by atoms with Gasteiger partial charge in [-0.15, -0.1) is 22.7 Å². The largest absolute Gasteiger partial charge is 0.387 e. The van der Waals surface area contributed by atoms with Crippen molar-refractivity contribution in [3.8, 4) is 21.1 Å². The monoisotopic (exact) mass is 820 g/mol. The molecule has 0 radical (unpaired) electrons. The Balaban J connectivity index is 0.970. The van der Waals surface area contributed by atoms with Crippen LogP contribution in [-0.4, -0.2) is 55.7 Å². The Morgan fingerprint density at radius 2 is 1.00 bits per heavy atom. The molecule has 16 heteroatoms. The Hall–Kier alpha value is -4.00. The lowest BCUT2D eigenvalue weighted by Crippen LogP contribution is -2.07. The zero-order valence-electron chi connectivity index (χ0n) is 29.7. The Bertz CT molecular complexity index is 2400. The first kappa shape index (κ1) is 37.9. The van der Waals surface area contributed by atoms with Crippen LogP contribution in [0.2, 0.25) is 0 Å². The average Bonchev–Trinajstić information content (AvgIpc) is 3.94. The number of aryl methyl sites for hydroxylation is 2. The predicted octanol–water partition coefficient (Wildman–Crippen LogP) is 7.04. The lowest BCUT2D eigenvalue weighted by Gasteiger charge is -2.17. The molecule has 2 unspecified atom stereocenters. The lowest BCUT2D eigenvalue weighted by atomic mass is 9.92. The molecular weight excluding hydrogens is 781 g/mol. The van der Waals surface area contributed by atoms with Crippen molar-refractivity contribution in [2.75, 3.05) is 0 Å². The van der Waals surface area contributed by atoms with Crippen LogP contribution in [0.4, 0.5) is 0 Å². The summed E-state index contributed by atoms with van der Waals surface area (Å²) >= 11 is 2.05. The highest BCUT2D eigenvalue weighted by atomic mass is 32.3. The molecule has 0 saturated carbocycles. The SMILES string of the molecule is O=S(=O)(O)c1cc2c(s1)-c1c(c(C(O)CCCCCC(O)c3nn(Cc4ccccc4)c4c3CCc3cc(S(=O)(=O)O)sc3-4)nn1Cc1ccccc1)CC2. The molecule has 6 aromatic rings. The summed E-state index contributed by atoms with van der Waals surface area (Å²) in [6, 6.07) is 22.7. The minimum absolute atomic E-state index is 0.104. The van der Waals surface area contributed by atoms with Crippen LogP contribution < -0.4 is 0 Å². The molecular formula is C39H40N4O8S4. The lowest BCUT2D eigenvalue weighted by molar-refractivity contribution is 0.148. The van der Waals surface area contributed by atoms with E-state index in [2.05, 4.69) is 0 Å². The number of hydrogen-bond donors (Lipinski definition) is 4. The van der Waals surface area contributed by atoms with Gasteiger partial charge in [0.1, 0.15) is 8.42 Å². The van der Waals surface area contributed by atoms with E-state index in [1.165, 1.54) is 12.1 Å². The van der Waals surface area contributed by atoms with Gasteiger partial charge in [-0.2, -0.15) is 27.0 Å². The van der Waals surface area contributed by atoms with E-state index in [1.807, 2.05) is 70.0 Å². The van der Waals surface area contributed by atoms with Crippen molar-refractivity contribution in [3.63, 3.8) is 0 Å². The van der Waals surface area contributed by atoms with Gasteiger partial charge >= 0.3 is 20.2 Å². The maximum absolute atomic E-state index is 12.0. The molecule has 4 heterocycles. The van der Waals surface area contributed by atoms with E-state index >= 15 is 0 Å². The first-order valence-corrected chi connectivity index (χ1v) is 22.7. The Kier molecular flexibility index (Phi) is 10.4. The molecule has 0 aliphatic heterocycles. The first-order valence-electron chi connectivity index (χ1n) is 18.2. The molecule has 0 saturated heterocycles. The second-order valence-corrected chi connectivity index (χ2v) is 19.6. The van der Waals surface area contributed by atoms with Gasteiger partial charge in [-0.3, -0.25) is 18.5 Å². The second kappa shape index (κ2) is 15.2. The number of rotatable bonds is 14. The van der Waals surface area contributed by atoms with E-state index in [9.17, 15) is 36.2 Å². The Morgan fingerprint density at radius 3 is 1.38 bits per heavy atom. The molecule has 55 heavy (non-hydrogen) atoms. The van der Waals surface area contributed by atoms with E-state index in [0.29, 0.717) is 75.8 Å². The van der Waals surface area contributed by atoms with Crippen LogP contribution in [0, 0.1) is 0 Å². The fourth-order valence-electron chi connectivity index (χ4n) is 7.79. The highest BCUT2D eigenvalue weighted by Gasteiger charge is 2.33. The summed E-state index contributed by atoms with van der Waals surface area (Å²) in [6.07, 6.45) is 3.66. The summed E-state index contributed by atoms with van der Waals surface area (Å²) in [5.41, 5.74) is 8.20. The number of unbranched alkanes of at least 4 members (excludes halogenated alkanes) is 2. The van der Waals surface area contributed by atoms with Crippen LogP contribution in [0.3, 0.4) is 0 Å². The zero-order valence-corrected chi connectivity index (χ0v) is 33.0.